The third-order valence-electron chi connectivity index (χ3n) is 4.40. The van der Waals surface area contributed by atoms with Gasteiger partial charge in [-0.25, -0.2) is 0 Å². The zero-order valence-electron chi connectivity index (χ0n) is 14.9. The van der Waals surface area contributed by atoms with Gasteiger partial charge in [-0.1, -0.05) is 26.0 Å². The van der Waals surface area contributed by atoms with Crippen molar-refractivity contribution in [2.75, 3.05) is 7.11 Å². The summed E-state index contributed by atoms with van der Waals surface area (Å²) < 4.78 is 11.2. The van der Waals surface area contributed by atoms with Crippen LogP contribution in [0.15, 0.2) is 18.2 Å². The molecule has 1 aromatic rings. The molecule has 0 bridgehead atoms. The normalized spacial score (nSPS) is 23.2. The molecule has 0 N–H and O–H groups in total. The van der Waals surface area contributed by atoms with Crippen molar-refractivity contribution >= 4 is 5.97 Å². The zero-order chi connectivity index (χ0) is 16.8. The molecule has 0 heterocycles. The Hall–Kier alpha value is -1.35. The van der Waals surface area contributed by atoms with Gasteiger partial charge in [0.2, 0.25) is 0 Å². The zero-order valence-corrected chi connectivity index (χ0v) is 14.9. The first kappa shape index (κ1) is 17.0. The topological polar surface area (TPSA) is 35.5 Å². The fourth-order valence-corrected chi connectivity index (χ4v) is 3.36. The molecule has 0 amide bonds. The maximum Gasteiger partial charge on any atom is 0.312 e. The number of carbonyl (C=O) groups is 1. The van der Waals surface area contributed by atoms with E-state index in [1.165, 1.54) is 5.56 Å². The summed E-state index contributed by atoms with van der Waals surface area (Å²) in [5, 5.41) is 0. The highest BCUT2D eigenvalue weighted by atomic mass is 16.6. The first-order valence-corrected chi connectivity index (χ1v) is 7.86. The maximum absolute atomic E-state index is 12.4. The highest BCUT2D eigenvalue weighted by molar-refractivity contribution is 5.76. The second-order valence-corrected chi connectivity index (χ2v) is 8.24. The van der Waals surface area contributed by atoms with Crippen LogP contribution in [0.2, 0.25) is 0 Å². The van der Waals surface area contributed by atoms with Gasteiger partial charge >= 0.3 is 5.97 Å². The SMILES string of the molecule is COCc1ccc2c(c1)C(C)(OC(=O)C(C)(C)C)CC2(C)C. The number of fused-ring (bicyclic) bond motifs is 1. The van der Waals surface area contributed by atoms with Gasteiger partial charge < -0.3 is 9.47 Å². The van der Waals surface area contributed by atoms with Crippen LogP contribution in [0.1, 0.15) is 64.7 Å². The smallest absolute Gasteiger partial charge is 0.312 e. The molecule has 1 atom stereocenters. The first-order chi connectivity index (χ1) is 9.99. The Morgan fingerprint density at radius 1 is 1.18 bits per heavy atom. The fourth-order valence-electron chi connectivity index (χ4n) is 3.36. The molecule has 0 saturated heterocycles. The van der Waals surface area contributed by atoms with Gasteiger partial charge in [0.25, 0.3) is 0 Å². The molecule has 3 nitrogen and oxygen atoms in total. The minimum absolute atomic E-state index is 0.00610. The lowest BCUT2D eigenvalue weighted by Gasteiger charge is -2.31. The van der Waals surface area contributed by atoms with E-state index >= 15 is 0 Å². The number of hydrogen-bond acceptors (Lipinski definition) is 3. The number of ether oxygens (including phenoxy) is 2. The van der Waals surface area contributed by atoms with Crippen molar-refractivity contribution in [1.29, 1.82) is 0 Å². The molecule has 0 saturated carbocycles. The van der Waals surface area contributed by atoms with Crippen LogP contribution in [0, 0.1) is 5.41 Å². The summed E-state index contributed by atoms with van der Waals surface area (Å²) in [5.74, 6) is -0.157. The van der Waals surface area contributed by atoms with Crippen LogP contribution in [0.4, 0.5) is 0 Å². The number of esters is 1. The van der Waals surface area contributed by atoms with Crippen molar-refractivity contribution in [2.45, 2.75) is 65.6 Å². The molecule has 0 aliphatic heterocycles. The summed E-state index contributed by atoms with van der Waals surface area (Å²) in [7, 11) is 1.69. The number of benzene rings is 1. The molecule has 0 spiro atoms. The summed E-state index contributed by atoms with van der Waals surface area (Å²) >= 11 is 0. The van der Waals surface area contributed by atoms with E-state index in [4.69, 9.17) is 9.47 Å². The predicted octanol–water partition coefficient (Wildman–Crippen LogP) is 4.32. The Bertz CT molecular complexity index is 581. The van der Waals surface area contributed by atoms with Crippen LogP contribution < -0.4 is 0 Å². The van der Waals surface area contributed by atoms with E-state index in [0.29, 0.717) is 6.61 Å². The Labute approximate surface area is 134 Å². The molecule has 2 rings (SSSR count). The van der Waals surface area contributed by atoms with E-state index in [1.54, 1.807) is 7.11 Å². The van der Waals surface area contributed by atoms with E-state index in [-0.39, 0.29) is 11.4 Å². The molecule has 22 heavy (non-hydrogen) atoms. The lowest BCUT2D eigenvalue weighted by molar-refractivity contribution is -0.169. The number of methoxy groups -OCH3 is 1. The van der Waals surface area contributed by atoms with Crippen LogP contribution >= 0.6 is 0 Å². The number of rotatable bonds is 3. The van der Waals surface area contributed by atoms with Crippen LogP contribution in [0.25, 0.3) is 0 Å². The minimum atomic E-state index is -0.576. The second-order valence-electron chi connectivity index (χ2n) is 8.24. The molecular weight excluding hydrogens is 276 g/mol. The van der Waals surface area contributed by atoms with Gasteiger partial charge in [0.1, 0.15) is 5.60 Å². The van der Waals surface area contributed by atoms with Gasteiger partial charge in [-0.05, 0) is 55.9 Å². The molecule has 0 aromatic heterocycles. The largest absolute Gasteiger partial charge is 0.454 e. The monoisotopic (exact) mass is 304 g/mol. The van der Waals surface area contributed by atoms with E-state index < -0.39 is 11.0 Å². The highest BCUT2D eigenvalue weighted by Crippen LogP contribution is 2.51. The van der Waals surface area contributed by atoms with Gasteiger partial charge in [0, 0.05) is 13.5 Å². The molecular formula is C19H28O3. The molecule has 1 aliphatic rings. The van der Waals surface area contributed by atoms with Crippen molar-refractivity contribution in [2.24, 2.45) is 5.41 Å². The van der Waals surface area contributed by atoms with Crippen LogP contribution in [0.3, 0.4) is 0 Å². The Morgan fingerprint density at radius 2 is 1.82 bits per heavy atom. The summed E-state index contributed by atoms with van der Waals surface area (Å²) in [6, 6.07) is 6.38. The van der Waals surface area contributed by atoms with Crippen LogP contribution in [-0.2, 0) is 31.9 Å². The van der Waals surface area contributed by atoms with E-state index in [9.17, 15) is 4.79 Å². The summed E-state index contributed by atoms with van der Waals surface area (Å²) in [6.07, 6.45) is 0.799. The van der Waals surface area contributed by atoms with E-state index in [0.717, 1.165) is 17.5 Å². The second kappa shape index (κ2) is 5.38. The Morgan fingerprint density at radius 3 is 2.36 bits per heavy atom. The van der Waals surface area contributed by atoms with Gasteiger partial charge in [0.15, 0.2) is 0 Å². The molecule has 0 fully saturated rings. The fraction of sp³-hybridized carbons (Fsp3) is 0.632. The standard InChI is InChI=1S/C19H28O3/c1-17(2,3)16(20)22-19(6)12-18(4,5)14-9-8-13(11-21-7)10-15(14)19/h8-10H,11-12H2,1-7H3. The summed E-state index contributed by atoms with van der Waals surface area (Å²) in [4.78, 5) is 12.4. The van der Waals surface area contributed by atoms with Crippen molar-refractivity contribution in [1.82, 2.24) is 0 Å². The van der Waals surface area contributed by atoms with Crippen LogP contribution in [-0.4, -0.2) is 13.1 Å². The summed E-state index contributed by atoms with van der Waals surface area (Å²) in [5.41, 5.74) is 2.40. The number of carbonyl (C=O) groups excluding carboxylic acids is 1. The molecule has 1 unspecified atom stereocenters. The average molecular weight is 304 g/mol. The molecule has 122 valence electrons. The van der Waals surface area contributed by atoms with Crippen molar-refractivity contribution in [3.05, 3.63) is 34.9 Å². The van der Waals surface area contributed by atoms with Crippen LogP contribution in [0.5, 0.6) is 0 Å². The predicted molar refractivity (Wildman–Crippen MR) is 87.7 cm³/mol. The third kappa shape index (κ3) is 3.05. The Kier molecular flexibility index (Phi) is 4.16. The first-order valence-electron chi connectivity index (χ1n) is 7.86. The van der Waals surface area contributed by atoms with Crippen molar-refractivity contribution < 1.29 is 14.3 Å². The molecule has 3 heteroatoms. The molecule has 0 radical (unpaired) electrons. The van der Waals surface area contributed by atoms with Gasteiger partial charge in [-0.2, -0.15) is 0 Å². The number of hydrogen-bond donors (Lipinski definition) is 0. The lowest BCUT2D eigenvalue weighted by atomic mass is 9.85. The molecule has 1 aliphatic carbocycles. The van der Waals surface area contributed by atoms with Gasteiger partial charge in [0.05, 0.1) is 12.0 Å². The van der Waals surface area contributed by atoms with Crippen molar-refractivity contribution in [3.63, 3.8) is 0 Å². The maximum atomic E-state index is 12.4. The van der Waals surface area contributed by atoms with Crippen molar-refractivity contribution in [3.8, 4) is 0 Å². The average Bonchev–Trinajstić information content (AvgIpc) is 2.55. The van der Waals surface area contributed by atoms with Gasteiger partial charge in [-0.3, -0.25) is 4.79 Å². The Balaban J connectivity index is 2.44. The van der Waals surface area contributed by atoms with E-state index in [1.807, 2.05) is 27.7 Å². The minimum Gasteiger partial charge on any atom is -0.454 e. The highest BCUT2D eigenvalue weighted by Gasteiger charge is 2.48. The third-order valence-corrected chi connectivity index (χ3v) is 4.40. The van der Waals surface area contributed by atoms with Gasteiger partial charge in [-0.15, -0.1) is 0 Å². The molecule has 1 aromatic carbocycles. The summed E-state index contributed by atoms with van der Waals surface area (Å²) in [6.45, 7) is 12.7. The van der Waals surface area contributed by atoms with E-state index in [2.05, 4.69) is 32.0 Å². The lowest BCUT2D eigenvalue weighted by Crippen LogP contribution is -2.34. The quantitative estimate of drug-likeness (QED) is 0.780.